The number of anilines is 1. The predicted octanol–water partition coefficient (Wildman–Crippen LogP) is 3.60. The number of nitrogens with one attached hydrogen (secondary N) is 1. The van der Waals surface area contributed by atoms with Crippen molar-refractivity contribution >= 4 is 28.3 Å². The highest BCUT2D eigenvalue weighted by Crippen LogP contribution is 2.26. The van der Waals surface area contributed by atoms with Gasteiger partial charge in [0.15, 0.2) is 5.13 Å². The van der Waals surface area contributed by atoms with Crippen molar-refractivity contribution in [3.05, 3.63) is 34.8 Å². The Morgan fingerprint density at radius 3 is 2.57 bits per heavy atom. The molecule has 7 nitrogen and oxygen atoms in total. The van der Waals surface area contributed by atoms with Gasteiger partial charge in [-0.1, -0.05) is 13.8 Å². The fraction of sp³-hybridized carbons (Fsp3) is 0.450. The highest BCUT2D eigenvalue weighted by atomic mass is 32.1. The van der Waals surface area contributed by atoms with Crippen molar-refractivity contribution in [2.45, 2.75) is 27.2 Å². The van der Waals surface area contributed by atoms with E-state index in [1.165, 1.54) is 18.4 Å². The number of aromatic nitrogens is 1. The van der Waals surface area contributed by atoms with E-state index in [0.717, 1.165) is 12.1 Å². The van der Waals surface area contributed by atoms with E-state index in [0.29, 0.717) is 34.7 Å². The van der Waals surface area contributed by atoms with E-state index < -0.39 is 0 Å². The summed E-state index contributed by atoms with van der Waals surface area (Å²) in [5.74, 6) is 0.871. The number of rotatable bonds is 9. The molecule has 1 aromatic carbocycles. The molecule has 0 saturated heterocycles. The van der Waals surface area contributed by atoms with E-state index in [1.807, 2.05) is 12.3 Å². The van der Waals surface area contributed by atoms with Crippen LogP contribution in [0.25, 0.3) is 0 Å². The van der Waals surface area contributed by atoms with Gasteiger partial charge in [-0.3, -0.25) is 9.59 Å². The maximum atomic E-state index is 13.1. The van der Waals surface area contributed by atoms with Gasteiger partial charge in [-0.25, -0.2) is 4.98 Å². The molecule has 0 unspecified atom stereocenters. The van der Waals surface area contributed by atoms with Crippen LogP contribution in [0.4, 0.5) is 5.13 Å². The van der Waals surface area contributed by atoms with Crippen LogP contribution in [-0.2, 0) is 4.79 Å². The van der Waals surface area contributed by atoms with Gasteiger partial charge < -0.3 is 19.7 Å². The second-order valence-corrected chi connectivity index (χ2v) is 7.68. The quantitative estimate of drug-likeness (QED) is 0.689. The third-order valence-electron chi connectivity index (χ3n) is 4.10. The van der Waals surface area contributed by atoms with Crippen LogP contribution < -0.4 is 14.8 Å². The molecule has 0 saturated carbocycles. The van der Waals surface area contributed by atoms with Crippen LogP contribution in [0.3, 0.4) is 0 Å². The topological polar surface area (TPSA) is 80.8 Å². The Morgan fingerprint density at radius 1 is 1.25 bits per heavy atom. The molecule has 2 amide bonds. The molecule has 1 aromatic heterocycles. The molecule has 8 heteroatoms. The summed E-state index contributed by atoms with van der Waals surface area (Å²) in [6, 6.07) is 5.02. The lowest BCUT2D eigenvalue weighted by atomic mass is 10.1. The molecule has 2 rings (SSSR count). The molecule has 0 fully saturated rings. The summed E-state index contributed by atoms with van der Waals surface area (Å²) in [5, 5.41) is 5.15. The minimum Gasteiger partial charge on any atom is -0.497 e. The van der Waals surface area contributed by atoms with Crippen molar-refractivity contribution in [2.24, 2.45) is 5.92 Å². The number of aryl methyl sites for hydroxylation is 1. The molecule has 0 bridgehead atoms. The Kier molecular flexibility index (Phi) is 7.80. The van der Waals surface area contributed by atoms with Crippen molar-refractivity contribution in [2.75, 3.05) is 32.6 Å². The van der Waals surface area contributed by atoms with Crippen molar-refractivity contribution in [1.82, 2.24) is 9.88 Å². The van der Waals surface area contributed by atoms with E-state index in [1.54, 1.807) is 30.2 Å². The lowest BCUT2D eigenvalue weighted by molar-refractivity contribution is -0.116. The predicted molar refractivity (Wildman–Crippen MR) is 110 cm³/mol. The third kappa shape index (κ3) is 5.95. The standard InChI is InChI=1S/C20H27N3O4S/c1-13(2)8-9-23(11-18(24)22-20-21-14(3)12-28-20)19(25)16-7-6-15(26-4)10-17(16)27-5/h6-7,10,12-13H,8-9,11H2,1-5H3,(H,21,22,24). The van der Waals surface area contributed by atoms with Gasteiger partial charge in [-0.15, -0.1) is 11.3 Å². The van der Waals surface area contributed by atoms with Gasteiger partial charge in [0.2, 0.25) is 5.91 Å². The normalized spacial score (nSPS) is 10.6. The van der Waals surface area contributed by atoms with E-state index in [4.69, 9.17) is 9.47 Å². The summed E-state index contributed by atoms with van der Waals surface area (Å²) in [6.45, 7) is 6.43. The lowest BCUT2D eigenvalue weighted by Crippen LogP contribution is -2.39. The fourth-order valence-corrected chi connectivity index (χ4v) is 3.26. The van der Waals surface area contributed by atoms with E-state index in [-0.39, 0.29) is 18.4 Å². The van der Waals surface area contributed by atoms with Crippen LogP contribution in [0.1, 0.15) is 36.3 Å². The number of benzene rings is 1. The molecule has 2 aromatic rings. The van der Waals surface area contributed by atoms with Gasteiger partial charge in [0.05, 0.1) is 25.5 Å². The number of amides is 2. The summed E-state index contributed by atoms with van der Waals surface area (Å²) in [6.07, 6.45) is 0.786. The minimum absolute atomic E-state index is 0.0562. The van der Waals surface area contributed by atoms with Crippen molar-refractivity contribution in [3.8, 4) is 11.5 Å². The average molecular weight is 406 g/mol. The van der Waals surface area contributed by atoms with E-state index in [2.05, 4.69) is 24.1 Å². The summed E-state index contributed by atoms with van der Waals surface area (Å²) in [7, 11) is 3.05. The molecule has 0 aliphatic heterocycles. The lowest BCUT2D eigenvalue weighted by Gasteiger charge is -2.24. The van der Waals surface area contributed by atoms with Crippen LogP contribution in [0.15, 0.2) is 23.6 Å². The Hall–Kier alpha value is -2.61. The number of nitrogens with zero attached hydrogens (tertiary/aromatic N) is 2. The second kappa shape index (κ2) is 10.1. The first-order chi connectivity index (χ1) is 13.3. The molecular formula is C20H27N3O4S. The summed E-state index contributed by atoms with van der Waals surface area (Å²) in [4.78, 5) is 31.4. The molecule has 0 aliphatic carbocycles. The van der Waals surface area contributed by atoms with Gasteiger partial charge in [-0.05, 0) is 31.4 Å². The molecule has 0 atom stereocenters. The Morgan fingerprint density at radius 2 is 2.00 bits per heavy atom. The Labute approximate surface area is 169 Å². The number of thiazole rings is 1. The maximum absolute atomic E-state index is 13.1. The Balaban J connectivity index is 2.19. The van der Waals surface area contributed by atoms with Crippen LogP contribution in [0.5, 0.6) is 11.5 Å². The number of ether oxygens (including phenoxy) is 2. The first-order valence-electron chi connectivity index (χ1n) is 9.07. The average Bonchev–Trinajstić information content (AvgIpc) is 3.08. The summed E-state index contributed by atoms with van der Waals surface area (Å²) < 4.78 is 10.5. The summed E-state index contributed by atoms with van der Waals surface area (Å²) >= 11 is 1.36. The van der Waals surface area contributed by atoms with Crippen LogP contribution in [-0.4, -0.2) is 49.0 Å². The van der Waals surface area contributed by atoms with Crippen LogP contribution in [0.2, 0.25) is 0 Å². The maximum Gasteiger partial charge on any atom is 0.258 e. The highest BCUT2D eigenvalue weighted by molar-refractivity contribution is 7.13. The minimum atomic E-state index is -0.279. The highest BCUT2D eigenvalue weighted by Gasteiger charge is 2.23. The van der Waals surface area contributed by atoms with Crippen molar-refractivity contribution in [3.63, 3.8) is 0 Å². The monoisotopic (exact) mass is 405 g/mol. The van der Waals surface area contributed by atoms with Gasteiger partial charge in [0, 0.05) is 18.0 Å². The fourth-order valence-electron chi connectivity index (χ4n) is 2.56. The Bertz CT molecular complexity index is 820. The molecule has 0 spiro atoms. The second-order valence-electron chi connectivity index (χ2n) is 6.82. The van der Waals surface area contributed by atoms with Gasteiger partial charge in [0.25, 0.3) is 5.91 Å². The zero-order valence-electron chi connectivity index (χ0n) is 16.9. The molecular weight excluding hydrogens is 378 g/mol. The largest absolute Gasteiger partial charge is 0.497 e. The number of carbonyl (C=O) groups is 2. The van der Waals surface area contributed by atoms with Crippen LogP contribution >= 0.6 is 11.3 Å². The molecule has 0 radical (unpaired) electrons. The smallest absolute Gasteiger partial charge is 0.258 e. The first kappa shape index (κ1) is 21.7. The number of hydrogen-bond donors (Lipinski definition) is 1. The van der Waals surface area contributed by atoms with Crippen LogP contribution in [0, 0.1) is 12.8 Å². The van der Waals surface area contributed by atoms with E-state index in [9.17, 15) is 9.59 Å². The van der Waals surface area contributed by atoms with Gasteiger partial charge in [0.1, 0.15) is 18.0 Å². The zero-order chi connectivity index (χ0) is 20.7. The first-order valence-corrected chi connectivity index (χ1v) is 9.95. The molecule has 1 N–H and O–H groups in total. The zero-order valence-corrected chi connectivity index (χ0v) is 17.8. The number of hydrogen-bond acceptors (Lipinski definition) is 6. The molecule has 0 aliphatic rings. The van der Waals surface area contributed by atoms with Crippen molar-refractivity contribution in [1.29, 1.82) is 0 Å². The number of carbonyl (C=O) groups excluding carboxylic acids is 2. The SMILES string of the molecule is COc1ccc(C(=O)N(CCC(C)C)CC(=O)Nc2nc(C)cs2)c(OC)c1. The third-order valence-corrected chi connectivity index (χ3v) is 4.98. The molecule has 152 valence electrons. The van der Waals surface area contributed by atoms with E-state index >= 15 is 0 Å². The summed E-state index contributed by atoms with van der Waals surface area (Å²) in [5.41, 5.74) is 1.24. The molecule has 28 heavy (non-hydrogen) atoms. The molecule has 1 heterocycles. The van der Waals surface area contributed by atoms with Gasteiger partial charge in [-0.2, -0.15) is 0 Å². The number of methoxy groups -OCH3 is 2. The van der Waals surface area contributed by atoms with Crippen molar-refractivity contribution < 1.29 is 19.1 Å². The van der Waals surface area contributed by atoms with Gasteiger partial charge >= 0.3 is 0 Å².